The third-order valence-corrected chi connectivity index (χ3v) is 3.60. The number of rotatable bonds is 2. The second-order valence-electron chi connectivity index (χ2n) is 4.84. The zero-order valence-electron chi connectivity index (χ0n) is 10.4. The fourth-order valence-corrected chi connectivity index (χ4v) is 2.66. The van der Waals surface area contributed by atoms with Crippen molar-refractivity contribution in [2.45, 2.75) is 18.8 Å². The Morgan fingerprint density at radius 1 is 0.944 bits per heavy atom. The molecule has 0 saturated heterocycles. The molecule has 90 valence electrons. The van der Waals surface area contributed by atoms with Gasteiger partial charge >= 0.3 is 0 Å². The van der Waals surface area contributed by atoms with Gasteiger partial charge in [0.25, 0.3) is 0 Å². The number of nitrogens with zero attached hydrogens (tertiary/aromatic N) is 1. The molecule has 0 aliphatic carbocycles. The van der Waals surface area contributed by atoms with Crippen molar-refractivity contribution in [3.8, 4) is 0 Å². The molecule has 0 amide bonds. The zero-order valence-corrected chi connectivity index (χ0v) is 10.4. The molecule has 0 spiro atoms. The van der Waals surface area contributed by atoms with Crippen LogP contribution in [0.25, 0.3) is 0 Å². The van der Waals surface area contributed by atoms with Gasteiger partial charge in [-0.1, -0.05) is 54.6 Å². The molecule has 1 aliphatic rings. The van der Waals surface area contributed by atoms with Crippen LogP contribution in [-0.2, 0) is 6.42 Å². The summed E-state index contributed by atoms with van der Waals surface area (Å²) in [4.78, 5) is 4.48. The normalized spacial score (nSPS) is 18.1. The smallest absolute Gasteiger partial charge is 0.0395 e. The lowest BCUT2D eigenvalue weighted by Gasteiger charge is -2.17. The van der Waals surface area contributed by atoms with Crippen LogP contribution in [0.3, 0.4) is 0 Å². The van der Waals surface area contributed by atoms with Gasteiger partial charge in [-0.15, -0.1) is 0 Å². The van der Waals surface area contributed by atoms with Gasteiger partial charge in [0.2, 0.25) is 0 Å². The highest BCUT2D eigenvalue weighted by Gasteiger charge is 2.16. The van der Waals surface area contributed by atoms with Crippen LogP contribution in [-0.4, -0.2) is 12.8 Å². The molecular weight excluding hydrogens is 218 g/mol. The van der Waals surface area contributed by atoms with E-state index in [2.05, 4.69) is 59.6 Å². The van der Waals surface area contributed by atoms with Gasteiger partial charge in [-0.25, -0.2) is 0 Å². The van der Waals surface area contributed by atoms with E-state index in [4.69, 9.17) is 0 Å². The average molecular weight is 235 g/mol. The Labute approximate surface area is 108 Å². The minimum atomic E-state index is 0.589. The van der Waals surface area contributed by atoms with Gasteiger partial charge in [0.1, 0.15) is 0 Å². The summed E-state index contributed by atoms with van der Waals surface area (Å²) in [6, 6.07) is 19.4. The monoisotopic (exact) mass is 235 g/mol. The van der Waals surface area contributed by atoms with Crippen LogP contribution in [0.2, 0.25) is 0 Å². The minimum absolute atomic E-state index is 0.589. The van der Waals surface area contributed by atoms with Gasteiger partial charge in [-0.3, -0.25) is 4.99 Å². The first kappa shape index (κ1) is 11.2. The summed E-state index contributed by atoms with van der Waals surface area (Å²) in [5, 5.41) is 0. The number of hydrogen-bond donors (Lipinski definition) is 0. The largest absolute Gasteiger partial charge is 0.293 e. The van der Waals surface area contributed by atoms with Gasteiger partial charge in [-0.2, -0.15) is 0 Å². The predicted octanol–water partition coefficient (Wildman–Crippen LogP) is 3.84. The number of hydrogen-bond acceptors (Lipinski definition) is 1. The highest BCUT2D eigenvalue weighted by Crippen LogP contribution is 2.28. The van der Waals surface area contributed by atoms with E-state index in [1.165, 1.54) is 16.7 Å². The van der Waals surface area contributed by atoms with Crippen molar-refractivity contribution in [3.05, 3.63) is 71.3 Å². The van der Waals surface area contributed by atoms with E-state index in [9.17, 15) is 0 Å². The fourth-order valence-electron chi connectivity index (χ4n) is 2.66. The molecule has 1 unspecified atom stereocenters. The Morgan fingerprint density at radius 3 is 2.61 bits per heavy atom. The molecule has 3 rings (SSSR count). The topological polar surface area (TPSA) is 12.4 Å². The molecule has 1 aliphatic heterocycles. The summed E-state index contributed by atoms with van der Waals surface area (Å²) in [5.74, 6) is 0.589. The summed E-state index contributed by atoms with van der Waals surface area (Å²) >= 11 is 0. The van der Waals surface area contributed by atoms with Crippen LogP contribution < -0.4 is 0 Å². The third-order valence-electron chi connectivity index (χ3n) is 3.60. The highest BCUT2D eigenvalue weighted by atomic mass is 14.7. The van der Waals surface area contributed by atoms with Gasteiger partial charge in [0, 0.05) is 12.8 Å². The first-order chi connectivity index (χ1) is 8.93. The SMILES string of the molecule is C1=NCCC(Cc2ccccc2)c2ccccc21. The number of benzene rings is 2. The molecule has 0 fully saturated rings. The lowest BCUT2D eigenvalue weighted by molar-refractivity contribution is 0.636. The van der Waals surface area contributed by atoms with Gasteiger partial charge in [0.05, 0.1) is 0 Å². The van der Waals surface area contributed by atoms with E-state index < -0.39 is 0 Å². The average Bonchev–Trinajstić information content (AvgIpc) is 2.63. The summed E-state index contributed by atoms with van der Waals surface area (Å²) in [6.07, 6.45) is 4.28. The van der Waals surface area contributed by atoms with Gasteiger partial charge in [0.15, 0.2) is 0 Å². The standard InChI is InChI=1S/C17H17N/c1-2-6-14(7-3-1)12-15-10-11-18-13-16-8-4-5-9-17(15)16/h1-9,13,15H,10-12H2. The number of fused-ring (bicyclic) bond motifs is 1. The maximum Gasteiger partial charge on any atom is 0.0395 e. The van der Waals surface area contributed by atoms with Crippen LogP contribution in [0.15, 0.2) is 59.6 Å². The summed E-state index contributed by atoms with van der Waals surface area (Å²) < 4.78 is 0. The van der Waals surface area contributed by atoms with E-state index >= 15 is 0 Å². The van der Waals surface area contributed by atoms with Crippen molar-refractivity contribution in [3.63, 3.8) is 0 Å². The molecule has 1 heterocycles. The molecule has 0 bridgehead atoms. The van der Waals surface area contributed by atoms with E-state index in [-0.39, 0.29) is 0 Å². The molecule has 18 heavy (non-hydrogen) atoms. The van der Waals surface area contributed by atoms with E-state index in [1.54, 1.807) is 0 Å². The predicted molar refractivity (Wildman–Crippen MR) is 76.4 cm³/mol. The zero-order chi connectivity index (χ0) is 12.2. The molecule has 1 atom stereocenters. The first-order valence-electron chi connectivity index (χ1n) is 6.56. The molecular formula is C17H17N. The summed E-state index contributed by atoms with van der Waals surface area (Å²) in [7, 11) is 0. The molecule has 1 heteroatoms. The lowest BCUT2D eigenvalue weighted by Crippen LogP contribution is -2.05. The van der Waals surface area contributed by atoms with E-state index in [0.29, 0.717) is 5.92 Å². The van der Waals surface area contributed by atoms with Crippen molar-refractivity contribution in [2.24, 2.45) is 4.99 Å². The van der Waals surface area contributed by atoms with E-state index in [1.807, 2.05) is 6.21 Å². The Morgan fingerprint density at radius 2 is 1.72 bits per heavy atom. The molecule has 0 N–H and O–H groups in total. The molecule has 1 nitrogen and oxygen atoms in total. The van der Waals surface area contributed by atoms with Crippen molar-refractivity contribution in [1.82, 2.24) is 0 Å². The lowest BCUT2D eigenvalue weighted by atomic mass is 9.87. The van der Waals surface area contributed by atoms with Crippen molar-refractivity contribution < 1.29 is 0 Å². The first-order valence-corrected chi connectivity index (χ1v) is 6.56. The van der Waals surface area contributed by atoms with Crippen LogP contribution in [0.5, 0.6) is 0 Å². The third kappa shape index (κ3) is 2.35. The van der Waals surface area contributed by atoms with Crippen molar-refractivity contribution >= 4 is 6.21 Å². The molecule has 2 aromatic rings. The Kier molecular flexibility index (Phi) is 3.22. The fraction of sp³-hybridized carbons (Fsp3) is 0.235. The Bertz CT molecular complexity index is 543. The maximum absolute atomic E-state index is 4.48. The Hall–Kier alpha value is -1.89. The van der Waals surface area contributed by atoms with Gasteiger partial charge in [-0.05, 0) is 35.4 Å². The van der Waals surface area contributed by atoms with E-state index in [0.717, 1.165) is 19.4 Å². The molecule has 2 aromatic carbocycles. The molecule has 0 saturated carbocycles. The van der Waals surface area contributed by atoms with Crippen LogP contribution in [0.1, 0.15) is 29.0 Å². The Balaban J connectivity index is 1.90. The van der Waals surface area contributed by atoms with Crippen LogP contribution in [0, 0.1) is 0 Å². The summed E-state index contributed by atoms with van der Waals surface area (Å²) in [5.41, 5.74) is 4.15. The van der Waals surface area contributed by atoms with Crippen molar-refractivity contribution in [2.75, 3.05) is 6.54 Å². The minimum Gasteiger partial charge on any atom is -0.293 e. The van der Waals surface area contributed by atoms with Gasteiger partial charge < -0.3 is 0 Å². The second kappa shape index (κ2) is 5.18. The van der Waals surface area contributed by atoms with Crippen LogP contribution >= 0.6 is 0 Å². The summed E-state index contributed by atoms with van der Waals surface area (Å²) in [6.45, 7) is 0.937. The quantitative estimate of drug-likeness (QED) is 0.750. The second-order valence-corrected chi connectivity index (χ2v) is 4.84. The molecule has 0 aromatic heterocycles. The maximum atomic E-state index is 4.48. The van der Waals surface area contributed by atoms with Crippen LogP contribution in [0.4, 0.5) is 0 Å². The molecule has 0 radical (unpaired) electrons. The highest BCUT2D eigenvalue weighted by molar-refractivity contribution is 5.82. The van der Waals surface area contributed by atoms with Crippen molar-refractivity contribution in [1.29, 1.82) is 0 Å². The number of aliphatic imine (C=N–C) groups is 1.